The average molecular weight is 282 g/mol. The topological polar surface area (TPSA) is 65.4 Å². The average Bonchev–Trinajstić information content (AvgIpc) is 2.89. The van der Waals surface area contributed by atoms with Gasteiger partial charge >= 0.3 is 0 Å². The quantitative estimate of drug-likeness (QED) is 0.801. The lowest BCUT2D eigenvalue weighted by atomic mass is 9.94. The minimum Gasteiger partial charge on any atom is -0.496 e. The zero-order chi connectivity index (χ0) is 15.0. The van der Waals surface area contributed by atoms with Crippen molar-refractivity contribution >= 4 is 5.52 Å². The maximum absolute atomic E-state index is 6.49. The van der Waals surface area contributed by atoms with Crippen LogP contribution >= 0.6 is 0 Å². The molecule has 3 aromatic rings. The van der Waals surface area contributed by atoms with Gasteiger partial charge in [0.05, 0.1) is 31.1 Å². The van der Waals surface area contributed by atoms with Gasteiger partial charge in [-0.2, -0.15) is 5.10 Å². The lowest BCUT2D eigenvalue weighted by molar-refractivity contribution is 0.407. The van der Waals surface area contributed by atoms with Crippen LogP contribution in [0.15, 0.2) is 36.9 Å². The minimum atomic E-state index is -0.303. The Morgan fingerprint density at radius 1 is 1.24 bits per heavy atom. The van der Waals surface area contributed by atoms with Crippen LogP contribution in [0.4, 0.5) is 0 Å². The molecule has 0 aliphatic rings. The summed E-state index contributed by atoms with van der Waals surface area (Å²) in [6.45, 7) is 4.10. The van der Waals surface area contributed by atoms with Gasteiger partial charge in [-0.05, 0) is 31.0 Å². The van der Waals surface area contributed by atoms with E-state index in [0.29, 0.717) is 0 Å². The maximum Gasteiger partial charge on any atom is 0.124 e. The summed E-state index contributed by atoms with van der Waals surface area (Å²) in [7, 11) is 1.67. The van der Waals surface area contributed by atoms with Crippen molar-refractivity contribution in [2.24, 2.45) is 5.73 Å². The normalized spacial score (nSPS) is 12.6. The number of ether oxygens (including phenoxy) is 1. The molecular formula is C16H18N4O. The molecule has 21 heavy (non-hydrogen) atoms. The zero-order valence-corrected chi connectivity index (χ0v) is 12.4. The summed E-state index contributed by atoms with van der Waals surface area (Å²) < 4.78 is 7.29. The molecule has 5 heteroatoms. The number of aromatic nitrogens is 3. The van der Waals surface area contributed by atoms with Gasteiger partial charge in [0.25, 0.3) is 0 Å². The Bertz CT molecular complexity index is 794. The van der Waals surface area contributed by atoms with Gasteiger partial charge in [-0.25, -0.2) is 4.52 Å². The molecule has 0 radical (unpaired) electrons. The number of benzene rings is 1. The monoisotopic (exact) mass is 282 g/mol. The minimum absolute atomic E-state index is 0.303. The van der Waals surface area contributed by atoms with Crippen LogP contribution in [-0.2, 0) is 0 Å². The van der Waals surface area contributed by atoms with Crippen molar-refractivity contribution in [3.05, 3.63) is 59.2 Å². The van der Waals surface area contributed by atoms with E-state index in [4.69, 9.17) is 10.5 Å². The maximum atomic E-state index is 6.49. The molecule has 108 valence electrons. The van der Waals surface area contributed by atoms with Crippen molar-refractivity contribution < 1.29 is 4.74 Å². The van der Waals surface area contributed by atoms with Crippen LogP contribution in [0.5, 0.6) is 5.75 Å². The standard InChI is InChI=1S/C16H18N4O/c1-10-6-11(2)15(14(7-10)21-3)16(17)12-8-19-20-5-4-18-9-13(12)20/h4-9,16H,17H2,1-3H3. The summed E-state index contributed by atoms with van der Waals surface area (Å²) in [6, 6.07) is 3.82. The molecular weight excluding hydrogens is 264 g/mol. The predicted molar refractivity (Wildman–Crippen MR) is 81.5 cm³/mol. The van der Waals surface area contributed by atoms with Gasteiger partial charge in [-0.3, -0.25) is 4.98 Å². The molecule has 0 spiro atoms. The number of fused-ring (bicyclic) bond motifs is 1. The smallest absolute Gasteiger partial charge is 0.124 e. The number of nitrogens with zero attached hydrogens (tertiary/aromatic N) is 3. The van der Waals surface area contributed by atoms with Crippen molar-refractivity contribution in [2.75, 3.05) is 7.11 Å². The number of hydrogen-bond acceptors (Lipinski definition) is 4. The molecule has 3 rings (SSSR count). The Morgan fingerprint density at radius 3 is 2.81 bits per heavy atom. The van der Waals surface area contributed by atoms with E-state index in [-0.39, 0.29) is 6.04 Å². The third-order valence-corrected chi connectivity index (χ3v) is 3.71. The Labute approximate surface area is 123 Å². The third-order valence-electron chi connectivity index (χ3n) is 3.71. The van der Waals surface area contributed by atoms with Crippen LogP contribution in [0.1, 0.15) is 28.3 Å². The molecule has 2 N–H and O–H groups in total. The van der Waals surface area contributed by atoms with E-state index in [0.717, 1.165) is 33.5 Å². The molecule has 5 nitrogen and oxygen atoms in total. The first-order chi connectivity index (χ1) is 10.1. The summed E-state index contributed by atoms with van der Waals surface area (Å²) in [5.41, 5.74) is 11.6. The number of aryl methyl sites for hydroxylation is 2. The Morgan fingerprint density at radius 2 is 2.05 bits per heavy atom. The number of methoxy groups -OCH3 is 1. The number of rotatable bonds is 3. The van der Waals surface area contributed by atoms with Crippen LogP contribution in [0, 0.1) is 13.8 Å². The van der Waals surface area contributed by atoms with Crippen molar-refractivity contribution in [1.82, 2.24) is 14.6 Å². The van der Waals surface area contributed by atoms with Gasteiger partial charge in [0, 0.05) is 23.5 Å². The van der Waals surface area contributed by atoms with E-state index < -0.39 is 0 Å². The van der Waals surface area contributed by atoms with Crippen molar-refractivity contribution in [3.8, 4) is 5.75 Å². The molecule has 1 aromatic carbocycles. The molecule has 0 saturated carbocycles. The van der Waals surface area contributed by atoms with Crippen LogP contribution in [0.25, 0.3) is 5.52 Å². The second-order valence-corrected chi connectivity index (χ2v) is 5.18. The third kappa shape index (κ3) is 2.25. The lowest BCUT2D eigenvalue weighted by Crippen LogP contribution is -2.14. The molecule has 1 unspecified atom stereocenters. The highest BCUT2D eigenvalue weighted by atomic mass is 16.5. The fourth-order valence-corrected chi connectivity index (χ4v) is 2.76. The fraction of sp³-hybridized carbons (Fsp3) is 0.250. The van der Waals surface area contributed by atoms with Crippen LogP contribution in [0.3, 0.4) is 0 Å². The van der Waals surface area contributed by atoms with E-state index in [1.54, 1.807) is 30.2 Å². The van der Waals surface area contributed by atoms with Crippen molar-refractivity contribution in [1.29, 1.82) is 0 Å². The zero-order valence-electron chi connectivity index (χ0n) is 12.4. The fourth-order valence-electron chi connectivity index (χ4n) is 2.76. The van der Waals surface area contributed by atoms with E-state index in [9.17, 15) is 0 Å². The van der Waals surface area contributed by atoms with E-state index >= 15 is 0 Å². The Balaban J connectivity index is 2.16. The summed E-state index contributed by atoms with van der Waals surface area (Å²) in [5, 5.41) is 4.32. The van der Waals surface area contributed by atoms with Gasteiger partial charge in [-0.15, -0.1) is 0 Å². The molecule has 0 amide bonds. The first kappa shape index (κ1) is 13.6. The summed E-state index contributed by atoms with van der Waals surface area (Å²) >= 11 is 0. The number of hydrogen-bond donors (Lipinski definition) is 1. The Hall–Kier alpha value is -2.40. The van der Waals surface area contributed by atoms with Crippen LogP contribution in [0.2, 0.25) is 0 Å². The van der Waals surface area contributed by atoms with Crippen LogP contribution in [-0.4, -0.2) is 21.7 Å². The first-order valence-electron chi connectivity index (χ1n) is 6.79. The van der Waals surface area contributed by atoms with E-state index in [2.05, 4.69) is 23.1 Å². The number of nitrogens with two attached hydrogens (primary N) is 1. The molecule has 0 saturated heterocycles. The molecule has 0 aliphatic carbocycles. The highest BCUT2D eigenvalue weighted by Crippen LogP contribution is 2.33. The SMILES string of the molecule is COc1cc(C)cc(C)c1C(N)c1cnn2ccncc12. The van der Waals surface area contributed by atoms with Gasteiger partial charge in [-0.1, -0.05) is 6.07 Å². The largest absolute Gasteiger partial charge is 0.496 e. The highest BCUT2D eigenvalue weighted by molar-refractivity contribution is 5.58. The lowest BCUT2D eigenvalue weighted by Gasteiger charge is -2.18. The predicted octanol–water partition coefficient (Wildman–Crippen LogP) is 2.40. The second kappa shape index (κ2) is 5.18. The molecule has 0 bridgehead atoms. The molecule has 0 fully saturated rings. The van der Waals surface area contributed by atoms with Crippen LogP contribution < -0.4 is 10.5 Å². The molecule has 2 aromatic heterocycles. The summed E-state index contributed by atoms with van der Waals surface area (Å²) in [4.78, 5) is 4.15. The highest BCUT2D eigenvalue weighted by Gasteiger charge is 2.20. The summed E-state index contributed by atoms with van der Waals surface area (Å²) in [5.74, 6) is 0.809. The molecule has 2 heterocycles. The molecule has 1 atom stereocenters. The van der Waals surface area contributed by atoms with Crippen molar-refractivity contribution in [3.63, 3.8) is 0 Å². The van der Waals surface area contributed by atoms with Gasteiger partial charge in [0.2, 0.25) is 0 Å². The van der Waals surface area contributed by atoms with Crippen molar-refractivity contribution in [2.45, 2.75) is 19.9 Å². The second-order valence-electron chi connectivity index (χ2n) is 5.18. The van der Waals surface area contributed by atoms with Gasteiger partial charge < -0.3 is 10.5 Å². The first-order valence-corrected chi connectivity index (χ1v) is 6.79. The molecule has 0 aliphatic heterocycles. The van der Waals surface area contributed by atoms with E-state index in [1.807, 2.05) is 19.2 Å². The van der Waals surface area contributed by atoms with E-state index in [1.165, 1.54) is 0 Å². The van der Waals surface area contributed by atoms with Gasteiger partial charge in [0.1, 0.15) is 5.75 Å². The Kier molecular flexibility index (Phi) is 3.35. The summed E-state index contributed by atoms with van der Waals surface area (Å²) in [6.07, 6.45) is 7.08. The van der Waals surface area contributed by atoms with Gasteiger partial charge in [0.15, 0.2) is 0 Å².